The van der Waals surface area contributed by atoms with E-state index in [1.807, 2.05) is 6.07 Å². The minimum absolute atomic E-state index is 0.153. The summed E-state index contributed by atoms with van der Waals surface area (Å²) < 4.78 is 40.4. The van der Waals surface area contributed by atoms with Crippen LogP contribution in [0.4, 0.5) is 18.9 Å². The number of nitrogens with one attached hydrogen (secondary N) is 1. The zero-order chi connectivity index (χ0) is 16.0. The maximum absolute atomic E-state index is 12.0. The third-order valence-electron chi connectivity index (χ3n) is 2.78. The van der Waals surface area contributed by atoms with Crippen LogP contribution in [0.15, 0.2) is 54.6 Å². The number of halogens is 3. The van der Waals surface area contributed by atoms with Gasteiger partial charge in [-0.2, -0.15) is 13.2 Å². The molecule has 0 aliphatic rings. The molecule has 0 fully saturated rings. The Morgan fingerprint density at radius 2 is 1.64 bits per heavy atom. The Bertz CT molecular complexity index is 610. The fraction of sp³-hybridized carbons (Fsp3) is 0.188. The number of alkyl halides is 3. The molecule has 0 saturated carbocycles. The predicted molar refractivity (Wildman–Crippen MR) is 76.5 cm³/mol. The molecular formula is C16H14F3NO2. The summed E-state index contributed by atoms with van der Waals surface area (Å²) >= 11 is 0. The zero-order valence-electron chi connectivity index (χ0n) is 11.6. The molecule has 6 heteroatoms. The van der Waals surface area contributed by atoms with E-state index in [1.54, 1.807) is 48.5 Å². The lowest BCUT2D eigenvalue weighted by Gasteiger charge is -2.08. The van der Waals surface area contributed by atoms with Gasteiger partial charge >= 0.3 is 6.18 Å². The van der Waals surface area contributed by atoms with Crippen molar-refractivity contribution in [1.82, 2.24) is 0 Å². The summed E-state index contributed by atoms with van der Waals surface area (Å²) in [6.45, 7) is -1.44. The normalized spacial score (nSPS) is 11.2. The second-order valence-electron chi connectivity index (χ2n) is 4.63. The standard InChI is InChI=1S/C16H14F3NO2/c17-16(18,19)11-22-10-12-6-8-13(9-7-12)15(21)20-14-4-2-1-3-5-14/h1-9H,10-11H2,(H,20,21). The molecule has 0 bridgehead atoms. The minimum Gasteiger partial charge on any atom is -0.367 e. The van der Waals surface area contributed by atoms with Gasteiger partial charge in [-0.25, -0.2) is 0 Å². The van der Waals surface area contributed by atoms with Crippen molar-refractivity contribution >= 4 is 11.6 Å². The van der Waals surface area contributed by atoms with Crippen molar-refractivity contribution in [2.75, 3.05) is 11.9 Å². The number of para-hydroxylation sites is 1. The summed E-state index contributed by atoms with van der Waals surface area (Å²) in [5.41, 5.74) is 1.66. The first-order valence-corrected chi connectivity index (χ1v) is 6.54. The lowest BCUT2D eigenvalue weighted by atomic mass is 10.1. The van der Waals surface area contributed by atoms with E-state index in [4.69, 9.17) is 0 Å². The van der Waals surface area contributed by atoms with Crippen molar-refractivity contribution in [3.8, 4) is 0 Å². The van der Waals surface area contributed by atoms with Crippen molar-refractivity contribution in [2.45, 2.75) is 12.8 Å². The molecule has 1 amide bonds. The van der Waals surface area contributed by atoms with Gasteiger partial charge < -0.3 is 10.1 Å². The third-order valence-corrected chi connectivity index (χ3v) is 2.78. The fourth-order valence-electron chi connectivity index (χ4n) is 1.76. The van der Waals surface area contributed by atoms with Crippen LogP contribution < -0.4 is 5.32 Å². The molecule has 2 aromatic carbocycles. The van der Waals surface area contributed by atoms with Gasteiger partial charge in [-0.1, -0.05) is 30.3 Å². The van der Waals surface area contributed by atoms with Crippen molar-refractivity contribution in [3.05, 3.63) is 65.7 Å². The molecule has 0 atom stereocenters. The Balaban J connectivity index is 1.90. The van der Waals surface area contributed by atoms with E-state index in [2.05, 4.69) is 10.1 Å². The molecular weight excluding hydrogens is 295 g/mol. The molecule has 2 aromatic rings. The van der Waals surface area contributed by atoms with Crippen LogP contribution in [-0.2, 0) is 11.3 Å². The van der Waals surface area contributed by atoms with Crippen LogP contribution in [-0.4, -0.2) is 18.7 Å². The first kappa shape index (κ1) is 16.0. The van der Waals surface area contributed by atoms with Crippen LogP contribution in [0.25, 0.3) is 0 Å². The second kappa shape index (κ2) is 7.09. The molecule has 2 rings (SSSR count). The number of ether oxygens (including phenoxy) is 1. The maximum Gasteiger partial charge on any atom is 0.411 e. The molecule has 0 aromatic heterocycles. The van der Waals surface area contributed by atoms with E-state index in [0.29, 0.717) is 16.8 Å². The molecule has 116 valence electrons. The predicted octanol–water partition coefficient (Wildman–Crippen LogP) is 4.02. The lowest BCUT2D eigenvalue weighted by Crippen LogP contribution is -2.16. The van der Waals surface area contributed by atoms with E-state index >= 15 is 0 Å². The van der Waals surface area contributed by atoms with Gasteiger partial charge in [-0.3, -0.25) is 4.79 Å². The SMILES string of the molecule is O=C(Nc1ccccc1)c1ccc(COCC(F)(F)F)cc1. The monoisotopic (exact) mass is 309 g/mol. The minimum atomic E-state index is -4.34. The summed E-state index contributed by atoms with van der Waals surface area (Å²) in [5, 5.41) is 2.72. The van der Waals surface area contributed by atoms with Gasteiger partial charge in [0.05, 0.1) is 6.61 Å². The van der Waals surface area contributed by atoms with Gasteiger partial charge in [-0.15, -0.1) is 0 Å². The van der Waals surface area contributed by atoms with Crippen molar-refractivity contribution in [1.29, 1.82) is 0 Å². The number of carbonyl (C=O) groups excluding carboxylic acids is 1. The van der Waals surface area contributed by atoms with Gasteiger partial charge in [0.2, 0.25) is 0 Å². The van der Waals surface area contributed by atoms with Crippen molar-refractivity contribution in [2.24, 2.45) is 0 Å². The number of anilines is 1. The number of rotatable bonds is 5. The summed E-state index contributed by atoms with van der Waals surface area (Å²) in [6, 6.07) is 15.2. The Morgan fingerprint density at radius 1 is 1.00 bits per heavy atom. The highest BCUT2D eigenvalue weighted by Gasteiger charge is 2.27. The Kier molecular flexibility index (Phi) is 5.16. The number of hydrogen-bond donors (Lipinski definition) is 1. The average Bonchev–Trinajstić information content (AvgIpc) is 2.47. The average molecular weight is 309 g/mol. The van der Waals surface area contributed by atoms with E-state index in [9.17, 15) is 18.0 Å². The summed E-state index contributed by atoms with van der Waals surface area (Å²) in [4.78, 5) is 12.0. The van der Waals surface area contributed by atoms with Crippen LogP contribution in [0.2, 0.25) is 0 Å². The van der Waals surface area contributed by atoms with Crippen molar-refractivity contribution in [3.63, 3.8) is 0 Å². The number of hydrogen-bond acceptors (Lipinski definition) is 2. The van der Waals surface area contributed by atoms with E-state index in [1.165, 1.54) is 0 Å². The zero-order valence-corrected chi connectivity index (χ0v) is 11.6. The molecule has 3 nitrogen and oxygen atoms in total. The Hall–Kier alpha value is -2.34. The molecule has 1 N–H and O–H groups in total. The molecule has 0 aliphatic heterocycles. The van der Waals surface area contributed by atoms with Crippen LogP contribution in [0.5, 0.6) is 0 Å². The van der Waals surface area contributed by atoms with Gasteiger partial charge in [0.25, 0.3) is 5.91 Å². The topological polar surface area (TPSA) is 38.3 Å². The highest BCUT2D eigenvalue weighted by molar-refractivity contribution is 6.04. The van der Waals surface area contributed by atoms with Crippen LogP contribution in [0.3, 0.4) is 0 Å². The van der Waals surface area contributed by atoms with E-state index in [-0.39, 0.29) is 12.5 Å². The van der Waals surface area contributed by atoms with E-state index < -0.39 is 12.8 Å². The molecule has 22 heavy (non-hydrogen) atoms. The third kappa shape index (κ3) is 5.21. The summed E-state index contributed by atoms with van der Waals surface area (Å²) in [7, 11) is 0. The maximum atomic E-state index is 12.0. The largest absolute Gasteiger partial charge is 0.411 e. The quantitative estimate of drug-likeness (QED) is 0.906. The van der Waals surface area contributed by atoms with Gasteiger partial charge in [0.1, 0.15) is 6.61 Å². The first-order valence-electron chi connectivity index (χ1n) is 6.54. The Morgan fingerprint density at radius 3 is 2.23 bits per heavy atom. The van der Waals surface area contributed by atoms with Gasteiger partial charge in [0.15, 0.2) is 0 Å². The van der Waals surface area contributed by atoms with Crippen molar-refractivity contribution < 1.29 is 22.7 Å². The fourth-order valence-corrected chi connectivity index (χ4v) is 1.76. The number of carbonyl (C=O) groups is 1. The van der Waals surface area contributed by atoms with Crippen LogP contribution in [0, 0.1) is 0 Å². The number of benzene rings is 2. The molecule has 0 aliphatic carbocycles. The highest BCUT2D eigenvalue weighted by Crippen LogP contribution is 2.16. The molecule has 0 radical (unpaired) electrons. The summed E-state index contributed by atoms with van der Waals surface area (Å²) in [5.74, 6) is -0.283. The smallest absolute Gasteiger partial charge is 0.367 e. The molecule has 0 heterocycles. The highest BCUT2D eigenvalue weighted by atomic mass is 19.4. The second-order valence-corrected chi connectivity index (χ2v) is 4.63. The van der Waals surface area contributed by atoms with Crippen LogP contribution >= 0.6 is 0 Å². The molecule has 0 saturated heterocycles. The van der Waals surface area contributed by atoms with Gasteiger partial charge in [-0.05, 0) is 29.8 Å². The lowest BCUT2D eigenvalue weighted by molar-refractivity contribution is -0.176. The summed E-state index contributed by atoms with van der Waals surface area (Å²) in [6.07, 6.45) is -4.34. The molecule has 0 spiro atoms. The van der Waals surface area contributed by atoms with E-state index in [0.717, 1.165) is 0 Å². The first-order chi connectivity index (χ1) is 10.4. The van der Waals surface area contributed by atoms with Crippen LogP contribution in [0.1, 0.15) is 15.9 Å². The molecule has 0 unspecified atom stereocenters. The number of amides is 1. The van der Waals surface area contributed by atoms with Gasteiger partial charge in [0, 0.05) is 11.3 Å². The Labute approximate surface area is 125 Å².